The Morgan fingerprint density at radius 1 is 1.06 bits per heavy atom. The van der Waals surface area contributed by atoms with Gasteiger partial charge in [-0.3, -0.25) is 4.98 Å². The van der Waals surface area contributed by atoms with Crippen LogP contribution < -0.4 is 0 Å². The summed E-state index contributed by atoms with van der Waals surface area (Å²) in [7, 11) is 0. The van der Waals surface area contributed by atoms with Gasteiger partial charge in [-0.1, -0.05) is 31.2 Å². The van der Waals surface area contributed by atoms with Gasteiger partial charge in [-0.05, 0) is 122 Å². The van der Waals surface area contributed by atoms with Crippen molar-refractivity contribution in [3.8, 4) is 0 Å². The Morgan fingerprint density at radius 2 is 2.00 bits per heavy atom. The van der Waals surface area contributed by atoms with Gasteiger partial charge in [0.05, 0.1) is 11.2 Å². The van der Waals surface area contributed by atoms with E-state index in [0.29, 0.717) is 11.8 Å². The molecule has 1 aromatic carbocycles. The Balaban J connectivity index is 1.16. The zero-order chi connectivity index (χ0) is 22.5. The number of aromatic nitrogens is 1. The lowest BCUT2D eigenvalue weighted by Gasteiger charge is -2.55. The molecule has 0 amide bonds. The molecule has 0 N–H and O–H groups in total. The van der Waals surface area contributed by atoms with E-state index in [4.69, 9.17) is 4.74 Å². The van der Waals surface area contributed by atoms with Crippen molar-refractivity contribution < 1.29 is 4.74 Å². The number of pyridine rings is 1. The monoisotopic (exact) mass is 452 g/mol. The molecule has 2 spiro atoms. The highest BCUT2D eigenvalue weighted by atomic mass is 16.5. The summed E-state index contributed by atoms with van der Waals surface area (Å²) < 4.78 is 7.49. The van der Waals surface area contributed by atoms with E-state index in [-0.39, 0.29) is 16.6 Å². The molecule has 176 valence electrons. The summed E-state index contributed by atoms with van der Waals surface area (Å²) in [4.78, 5) is 7.12. The average Bonchev–Trinajstić information content (AvgIpc) is 3.33. The number of nitrogens with zero attached hydrogens (tertiary/aromatic N) is 2. The Hall–Kier alpha value is -1.97. The molecular weight excluding hydrogens is 416 g/mol. The minimum atomic E-state index is -0.0412. The van der Waals surface area contributed by atoms with E-state index in [1.807, 2.05) is 12.4 Å². The maximum atomic E-state index is 7.49. The third-order valence-corrected chi connectivity index (χ3v) is 11.1. The van der Waals surface area contributed by atoms with Gasteiger partial charge < -0.3 is 9.64 Å². The normalized spacial score (nSPS) is 42.9. The molecule has 4 heterocycles. The van der Waals surface area contributed by atoms with Gasteiger partial charge in [0.15, 0.2) is 0 Å². The Labute approximate surface area is 203 Å². The Morgan fingerprint density at radius 3 is 2.88 bits per heavy atom. The van der Waals surface area contributed by atoms with E-state index in [2.05, 4.69) is 53.2 Å². The summed E-state index contributed by atoms with van der Waals surface area (Å²) in [6.07, 6.45) is 20.6. The number of ether oxygens (including phenoxy) is 1. The van der Waals surface area contributed by atoms with Gasteiger partial charge in [-0.2, -0.15) is 0 Å². The minimum absolute atomic E-state index is 0.0286. The molecule has 34 heavy (non-hydrogen) atoms. The van der Waals surface area contributed by atoms with Gasteiger partial charge >= 0.3 is 0 Å². The van der Waals surface area contributed by atoms with E-state index in [1.54, 1.807) is 11.1 Å². The largest absolute Gasteiger partial charge is 0.359 e. The second kappa shape index (κ2) is 6.83. The van der Waals surface area contributed by atoms with Gasteiger partial charge in [-0.15, -0.1) is 0 Å². The SMILES string of the molecule is C[C@]12CC=C3C=C4CC[C@H](N5CCC5)C[C@]45CC[C@]3(O5)[C@@H]1CC[C@@H]2c1ccc2ccncc2c1. The molecule has 0 radical (unpaired) electrons. The number of allylic oxidation sites excluding steroid dienone is 1. The van der Waals surface area contributed by atoms with E-state index in [9.17, 15) is 0 Å². The molecule has 0 unspecified atom stereocenters. The zero-order valence-electron chi connectivity index (χ0n) is 20.4. The van der Waals surface area contributed by atoms with Gasteiger partial charge in [0.25, 0.3) is 0 Å². The number of benzene rings is 1. The van der Waals surface area contributed by atoms with Crippen LogP contribution in [-0.2, 0) is 4.74 Å². The molecule has 2 saturated carbocycles. The summed E-state index contributed by atoms with van der Waals surface area (Å²) in [6.45, 7) is 5.20. The third-order valence-electron chi connectivity index (χ3n) is 11.1. The summed E-state index contributed by atoms with van der Waals surface area (Å²) in [5, 5.41) is 2.57. The molecule has 3 aliphatic carbocycles. The van der Waals surface area contributed by atoms with Crippen molar-refractivity contribution in [2.75, 3.05) is 13.1 Å². The fourth-order valence-corrected chi connectivity index (χ4v) is 9.27. The molecule has 4 fully saturated rings. The highest BCUT2D eigenvalue weighted by molar-refractivity contribution is 5.82. The first-order valence-corrected chi connectivity index (χ1v) is 13.8. The van der Waals surface area contributed by atoms with Crippen LogP contribution in [-0.4, -0.2) is 40.2 Å². The topological polar surface area (TPSA) is 25.4 Å². The van der Waals surface area contributed by atoms with Gasteiger partial charge in [0.1, 0.15) is 0 Å². The Kier molecular flexibility index (Phi) is 4.06. The number of fused-ring (bicyclic) bond motifs is 2. The molecule has 2 saturated heterocycles. The fourth-order valence-electron chi connectivity index (χ4n) is 9.27. The first kappa shape index (κ1) is 20.2. The van der Waals surface area contributed by atoms with Crippen molar-refractivity contribution in [3.63, 3.8) is 0 Å². The van der Waals surface area contributed by atoms with Crippen LogP contribution in [0.15, 0.2) is 60.0 Å². The van der Waals surface area contributed by atoms with E-state index in [1.165, 1.54) is 87.2 Å². The average molecular weight is 453 g/mol. The number of hydrogen-bond acceptors (Lipinski definition) is 3. The molecule has 2 aromatic rings. The van der Waals surface area contributed by atoms with Crippen LogP contribution in [0.25, 0.3) is 10.8 Å². The van der Waals surface area contributed by atoms with Crippen LogP contribution in [0.5, 0.6) is 0 Å². The molecule has 2 bridgehead atoms. The molecule has 6 atom stereocenters. The van der Waals surface area contributed by atoms with Crippen molar-refractivity contribution in [2.24, 2.45) is 11.3 Å². The lowest BCUT2D eigenvalue weighted by molar-refractivity contribution is -0.142. The lowest BCUT2D eigenvalue weighted by Crippen LogP contribution is -2.56. The molecule has 3 nitrogen and oxygen atoms in total. The third kappa shape index (κ3) is 2.53. The predicted octanol–water partition coefficient (Wildman–Crippen LogP) is 6.55. The predicted molar refractivity (Wildman–Crippen MR) is 136 cm³/mol. The molecule has 3 aliphatic heterocycles. The van der Waals surface area contributed by atoms with Gasteiger partial charge in [0, 0.05) is 23.8 Å². The first-order valence-electron chi connectivity index (χ1n) is 13.8. The van der Waals surface area contributed by atoms with E-state index in [0.717, 1.165) is 6.04 Å². The van der Waals surface area contributed by atoms with Gasteiger partial charge in [-0.25, -0.2) is 0 Å². The highest BCUT2D eigenvalue weighted by Gasteiger charge is 2.66. The summed E-state index contributed by atoms with van der Waals surface area (Å²) in [6, 6.07) is 9.99. The van der Waals surface area contributed by atoms with Crippen LogP contribution >= 0.6 is 0 Å². The number of likely N-dealkylation sites (tertiary alicyclic amines) is 1. The van der Waals surface area contributed by atoms with Crippen molar-refractivity contribution >= 4 is 10.8 Å². The maximum absolute atomic E-state index is 7.49. The molecule has 1 aromatic heterocycles. The lowest BCUT2D eigenvalue weighted by atomic mass is 9.58. The standard InChI is InChI=1S/C31H36N2O/c1-29-11-9-25-18-24-5-6-26(33-15-2-16-33)19-30(24)12-13-31(25,34-30)28(29)8-7-27(29)22-4-3-21-10-14-32-20-23(21)17-22/h3-4,9-10,14,17-18,20,26-28H,2,5-8,11-13,15-16,19H2,1H3/t26-,27+,28+,29+,30+,31+/m0/s1. The quantitative estimate of drug-likeness (QED) is 0.516. The number of rotatable bonds is 2. The highest BCUT2D eigenvalue weighted by Crippen LogP contribution is 2.69. The molecule has 8 rings (SSSR count). The minimum Gasteiger partial charge on any atom is -0.359 e. The summed E-state index contributed by atoms with van der Waals surface area (Å²) in [5.74, 6) is 1.22. The summed E-state index contributed by atoms with van der Waals surface area (Å²) in [5.41, 5.74) is 4.94. The molecule has 6 aliphatic rings. The van der Waals surface area contributed by atoms with Crippen LogP contribution in [0.1, 0.15) is 76.2 Å². The maximum Gasteiger partial charge on any atom is 0.0974 e. The second-order valence-corrected chi connectivity index (χ2v) is 12.5. The van der Waals surface area contributed by atoms with Crippen LogP contribution in [0.2, 0.25) is 0 Å². The van der Waals surface area contributed by atoms with Crippen molar-refractivity contribution in [3.05, 3.63) is 65.5 Å². The molecule has 3 heteroatoms. The van der Waals surface area contributed by atoms with Crippen molar-refractivity contribution in [1.82, 2.24) is 9.88 Å². The van der Waals surface area contributed by atoms with Crippen LogP contribution in [0.3, 0.4) is 0 Å². The first-order chi connectivity index (χ1) is 16.6. The fraction of sp³-hybridized carbons (Fsp3) is 0.581. The second-order valence-electron chi connectivity index (χ2n) is 12.5. The molecular formula is C31H36N2O. The number of hydrogen-bond donors (Lipinski definition) is 0. The van der Waals surface area contributed by atoms with Crippen LogP contribution in [0.4, 0.5) is 0 Å². The van der Waals surface area contributed by atoms with Crippen LogP contribution in [0, 0.1) is 11.3 Å². The van der Waals surface area contributed by atoms with Gasteiger partial charge in [0.2, 0.25) is 0 Å². The summed E-state index contributed by atoms with van der Waals surface area (Å²) >= 11 is 0. The van der Waals surface area contributed by atoms with E-state index < -0.39 is 0 Å². The zero-order valence-corrected chi connectivity index (χ0v) is 20.4. The van der Waals surface area contributed by atoms with Crippen molar-refractivity contribution in [2.45, 2.75) is 87.9 Å². The van der Waals surface area contributed by atoms with E-state index >= 15 is 0 Å². The smallest absolute Gasteiger partial charge is 0.0974 e. The Bertz CT molecular complexity index is 1240. The van der Waals surface area contributed by atoms with Crippen molar-refractivity contribution in [1.29, 1.82) is 0 Å².